The van der Waals surface area contributed by atoms with Crippen molar-refractivity contribution in [3.05, 3.63) is 12.2 Å². The number of amides is 1. The van der Waals surface area contributed by atoms with Crippen molar-refractivity contribution < 1.29 is 17.8 Å². The first-order chi connectivity index (χ1) is 5.87. The Hall–Kier alpha value is -0.880. The van der Waals surface area contributed by atoms with Crippen molar-refractivity contribution in [2.45, 2.75) is 6.92 Å². The van der Waals surface area contributed by atoms with E-state index in [-0.39, 0.29) is 12.5 Å². The molecule has 0 rings (SSSR count). The number of rotatable bonds is 4. The molecule has 0 aromatic carbocycles. The maximum atomic E-state index is 11.0. The fourth-order valence-electron chi connectivity index (χ4n) is 0.632. The molecule has 0 saturated heterocycles. The lowest BCUT2D eigenvalue weighted by molar-refractivity contribution is -0.124. The zero-order chi connectivity index (χ0) is 10.5. The highest BCUT2D eigenvalue weighted by atomic mass is 32.2. The highest BCUT2D eigenvalue weighted by Gasteiger charge is 2.09. The zero-order valence-corrected chi connectivity index (χ0v) is 8.41. The van der Waals surface area contributed by atoms with Crippen LogP contribution in [0.4, 0.5) is 0 Å². The summed E-state index contributed by atoms with van der Waals surface area (Å²) in [6.07, 6.45) is 2.89. The summed E-state index contributed by atoms with van der Waals surface area (Å²) in [7, 11) is -2.52. The van der Waals surface area contributed by atoms with Gasteiger partial charge in [-0.05, 0) is 13.0 Å². The molecule has 0 aromatic rings. The normalized spacial score (nSPS) is 11.9. The molecule has 0 unspecified atom stereocenters. The van der Waals surface area contributed by atoms with Gasteiger partial charge in [0, 0.05) is 13.6 Å². The topological polar surface area (TPSA) is 74.7 Å². The van der Waals surface area contributed by atoms with E-state index in [4.69, 9.17) is 4.55 Å². The molecular weight excluding hydrogens is 194 g/mol. The average molecular weight is 207 g/mol. The Kier molecular flexibility index (Phi) is 4.64. The Morgan fingerprint density at radius 2 is 2.08 bits per heavy atom. The molecule has 0 radical (unpaired) electrons. The Balaban J connectivity index is 4.02. The molecule has 0 bridgehead atoms. The van der Waals surface area contributed by atoms with Crippen LogP contribution in [-0.4, -0.2) is 43.1 Å². The molecule has 0 saturated carbocycles. The van der Waals surface area contributed by atoms with E-state index in [1.165, 1.54) is 18.0 Å². The number of likely N-dealkylation sites (N-methyl/N-ethyl adjacent to an activating group) is 1. The quantitative estimate of drug-likeness (QED) is 0.516. The summed E-state index contributed by atoms with van der Waals surface area (Å²) in [6, 6.07) is 0. The summed E-state index contributed by atoms with van der Waals surface area (Å²) in [5.74, 6) is -0.724. The van der Waals surface area contributed by atoms with E-state index in [0.717, 1.165) is 0 Å². The van der Waals surface area contributed by atoms with Gasteiger partial charge in [-0.25, -0.2) is 0 Å². The van der Waals surface area contributed by atoms with Crippen LogP contribution in [-0.2, 0) is 14.9 Å². The molecule has 1 amide bonds. The number of nitrogens with zero attached hydrogens (tertiary/aromatic N) is 1. The molecule has 5 nitrogen and oxygen atoms in total. The number of allylic oxidation sites excluding steroid dienone is 1. The predicted octanol–water partition coefficient (Wildman–Crippen LogP) is -0.0913. The van der Waals surface area contributed by atoms with Crippen LogP contribution < -0.4 is 0 Å². The molecule has 0 aliphatic carbocycles. The van der Waals surface area contributed by atoms with Crippen molar-refractivity contribution in [1.82, 2.24) is 4.90 Å². The van der Waals surface area contributed by atoms with Crippen molar-refractivity contribution in [2.75, 3.05) is 19.3 Å². The zero-order valence-electron chi connectivity index (χ0n) is 7.60. The molecule has 0 heterocycles. The Morgan fingerprint density at radius 3 is 2.46 bits per heavy atom. The number of hydrogen-bond acceptors (Lipinski definition) is 3. The van der Waals surface area contributed by atoms with Gasteiger partial charge in [0.15, 0.2) is 0 Å². The van der Waals surface area contributed by atoms with Crippen LogP contribution >= 0.6 is 0 Å². The summed E-state index contributed by atoms with van der Waals surface area (Å²) < 4.78 is 29.0. The van der Waals surface area contributed by atoms with Crippen molar-refractivity contribution >= 4 is 16.0 Å². The summed E-state index contributed by atoms with van der Waals surface area (Å²) in [4.78, 5) is 12.2. The van der Waals surface area contributed by atoms with Crippen molar-refractivity contribution in [2.24, 2.45) is 0 Å². The molecule has 0 aliphatic rings. The van der Waals surface area contributed by atoms with Gasteiger partial charge in [-0.15, -0.1) is 0 Å². The minimum Gasteiger partial charge on any atom is -0.341 e. The summed E-state index contributed by atoms with van der Waals surface area (Å²) >= 11 is 0. The van der Waals surface area contributed by atoms with E-state index < -0.39 is 15.9 Å². The first-order valence-electron chi connectivity index (χ1n) is 3.70. The summed E-state index contributed by atoms with van der Waals surface area (Å²) in [5.41, 5.74) is 0. The SMILES string of the molecule is C/C=C/C(=O)N(C)CCS(=O)(=O)O. The minimum atomic E-state index is -3.99. The summed E-state index contributed by atoms with van der Waals surface area (Å²) in [5, 5.41) is 0. The number of carbonyl (C=O) groups is 1. The van der Waals surface area contributed by atoms with Crippen LogP contribution in [0.1, 0.15) is 6.92 Å². The third-order valence-electron chi connectivity index (χ3n) is 1.37. The van der Waals surface area contributed by atoms with Gasteiger partial charge in [0.2, 0.25) is 5.91 Å². The fourth-order valence-corrected chi connectivity index (χ4v) is 1.14. The number of hydrogen-bond donors (Lipinski definition) is 1. The maximum Gasteiger partial charge on any atom is 0.266 e. The van der Waals surface area contributed by atoms with Gasteiger partial charge in [-0.2, -0.15) is 8.42 Å². The Morgan fingerprint density at radius 1 is 1.54 bits per heavy atom. The Bertz CT molecular complexity index is 294. The standard InChI is InChI=1S/C7H13NO4S/c1-3-4-7(9)8(2)5-6-13(10,11)12/h3-4H,5-6H2,1-2H3,(H,10,11,12)/b4-3+. The second-order valence-corrected chi connectivity index (χ2v) is 4.12. The van der Waals surface area contributed by atoms with Crippen LogP contribution in [0, 0.1) is 0 Å². The van der Waals surface area contributed by atoms with Crippen molar-refractivity contribution in [3.63, 3.8) is 0 Å². The molecule has 6 heteroatoms. The molecule has 0 atom stereocenters. The molecule has 0 aliphatic heterocycles. The molecular formula is C7H13NO4S. The van der Waals surface area contributed by atoms with Crippen LogP contribution in [0.3, 0.4) is 0 Å². The lowest BCUT2D eigenvalue weighted by atomic mass is 10.4. The van der Waals surface area contributed by atoms with E-state index in [1.54, 1.807) is 13.0 Å². The van der Waals surface area contributed by atoms with E-state index >= 15 is 0 Å². The third-order valence-corrected chi connectivity index (χ3v) is 2.07. The van der Waals surface area contributed by atoms with Gasteiger partial charge in [-0.1, -0.05) is 6.08 Å². The van der Waals surface area contributed by atoms with Crippen molar-refractivity contribution in [1.29, 1.82) is 0 Å². The monoisotopic (exact) mass is 207 g/mol. The molecule has 0 fully saturated rings. The first-order valence-corrected chi connectivity index (χ1v) is 5.30. The van der Waals surface area contributed by atoms with E-state index in [1.807, 2.05) is 0 Å². The van der Waals surface area contributed by atoms with Crippen LogP contribution in [0.15, 0.2) is 12.2 Å². The predicted molar refractivity (Wildman–Crippen MR) is 48.9 cm³/mol. The second kappa shape index (κ2) is 4.98. The second-order valence-electron chi connectivity index (χ2n) is 2.55. The fraction of sp³-hybridized carbons (Fsp3) is 0.571. The maximum absolute atomic E-state index is 11.0. The lowest BCUT2D eigenvalue weighted by Gasteiger charge is -2.13. The number of carbonyl (C=O) groups excluding carboxylic acids is 1. The molecule has 76 valence electrons. The van der Waals surface area contributed by atoms with Gasteiger partial charge >= 0.3 is 0 Å². The van der Waals surface area contributed by atoms with E-state index in [2.05, 4.69) is 0 Å². The largest absolute Gasteiger partial charge is 0.341 e. The van der Waals surface area contributed by atoms with Crippen LogP contribution in [0.2, 0.25) is 0 Å². The molecule has 13 heavy (non-hydrogen) atoms. The van der Waals surface area contributed by atoms with E-state index in [9.17, 15) is 13.2 Å². The molecule has 0 spiro atoms. The van der Waals surface area contributed by atoms with Crippen LogP contribution in [0.5, 0.6) is 0 Å². The highest BCUT2D eigenvalue weighted by molar-refractivity contribution is 7.85. The van der Waals surface area contributed by atoms with Gasteiger partial charge in [0.05, 0.1) is 5.75 Å². The highest BCUT2D eigenvalue weighted by Crippen LogP contribution is 1.90. The lowest BCUT2D eigenvalue weighted by Crippen LogP contribution is -2.30. The third kappa shape index (κ3) is 6.30. The van der Waals surface area contributed by atoms with Gasteiger partial charge < -0.3 is 4.90 Å². The van der Waals surface area contributed by atoms with Gasteiger partial charge in [0.25, 0.3) is 10.1 Å². The Labute approximate surface area is 77.8 Å². The van der Waals surface area contributed by atoms with Crippen LogP contribution in [0.25, 0.3) is 0 Å². The molecule has 0 aromatic heterocycles. The molecule has 1 N–H and O–H groups in total. The minimum absolute atomic E-state index is 0.0119. The van der Waals surface area contributed by atoms with Gasteiger partial charge in [0.1, 0.15) is 0 Å². The average Bonchev–Trinajstić information content (AvgIpc) is 1.99. The summed E-state index contributed by atoms with van der Waals surface area (Å²) in [6.45, 7) is 1.68. The smallest absolute Gasteiger partial charge is 0.266 e. The van der Waals surface area contributed by atoms with Gasteiger partial charge in [-0.3, -0.25) is 9.35 Å². The van der Waals surface area contributed by atoms with Crippen molar-refractivity contribution in [3.8, 4) is 0 Å². The van der Waals surface area contributed by atoms with E-state index in [0.29, 0.717) is 0 Å². The first kappa shape index (κ1) is 12.1.